The number of rotatable bonds is 2. The van der Waals surface area contributed by atoms with Gasteiger partial charge >= 0.3 is 0 Å². The topological polar surface area (TPSA) is 26.0 Å². The molecule has 0 bridgehead atoms. The lowest BCUT2D eigenvalue weighted by Crippen LogP contribution is -2.32. The lowest BCUT2D eigenvalue weighted by molar-refractivity contribution is -0.0485. The summed E-state index contributed by atoms with van der Waals surface area (Å²) in [5.41, 5.74) is 5.67. The maximum Gasteiger partial charge on any atom is 0.248 e. The molecule has 106 valence electrons. The van der Waals surface area contributed by atoms with Crippen molar-refractivity contribution in [3.63, 3.8) is 0 Å². The van der Waals surface area contributed by atoms with E-state index in [1.807, 2.05) is 0 Å². The van der Waals surface area contributed by atoms with Gasteiger partial charge in [0.2, 0.25) is 5.92 Å². The molecule has 1 aromatic carbocycles. The molecule has 6 heteroatoms. The van der Waals surface area contributed by atoms with Gasteiger partial charge in [0.05, 0.1) is 4.47 Å². The predicted octanol–water partition coefficient (Wildman–Crippen LogP) is 4.55. The van der Waals surface area contributed by atoms with Crippen LogP contribution in [0.2, 0.25) is 0 Å². The number of nitrogens with two attached hydrogens (primary N) is 1. The van der Waals surface area contributed by atoms with Crippen LogP contribution in [0.5, 0.6) is 0 Å². The van der Waals surface area contributed by atoms with E-state index in [0.29, 0.717) is 0 Å². The van der Waals surface area contributed by atoms with Crippen LogP contribution in [-0.4, -0.2) is 5.92 Å². The summed E-state index contributed by atoms with van der Waals surface area (Å²) in [6, 6.07) is 1.49. The van der Waals surface area contributed by atoms with E-state index in [9.17, 15) is 17.6 Å². The van der Waals surface area contributed by atoms with Gasteiger partial charge in [-0.2, -0.15) is 0 Å². The fraction of sp³-hybridized carbons (Fsp3) is 0.538. The SMILES string of the molecule is NC(c1c(F)ccc(Br)c1F)C1CCC(F)(F)CC1. The summed E-state index contributed by atoms with van der Waals surface area (Å²) in [6.45, 7) is 0. The van der Waals surface area contributed by atoms with Gasteiger partial charge in [0.15, 0.2) is 0 Å². The van der Waals surface area contributed by atoms with Crippen molar-refractivity contribution >= 4 is 15.9 Å². The molecule has 1 aliphatic rings. The van der Waals surface area contributed by atoms with Crippen LogP contribution in [0.15, 0.2) is 16.6 Å². The van der Waals surface area contributed by atoms with Gasteiger partial charge in [-0.25, -0.2) is 17.6 Å². The Hall–Kier alpha value is -0.620. The molecule has 0 radical (unpaired) electrons. The average molecular weight is 340 g/mol. The highest BCUT2D eigenvalue weighted by atomic mass is 79.9. The Morgan fingerprint density at radius 2 is 1.79 bits per heavy atom. The zero-order chi connectivity index (χ0) is 14.2. The van der Waals surface area contributed by atoms with Crippen molar-refractivity contribution in [2.24, 2.45) is 11.7 Å². The van der Waals surface area contributed by atoms with Crippen molar-refractivity contribution in [3.8, 4) is 0 Å². The van der Waals surface area contributed by atoms with Crippen molar-refractivity contribution in [2.75, 3.05) is 0 Å². The fourth-order valence-electron chi connectivity index (χ4n) is 2.51. The van der Waals surface area contributed by atoms with Crippen LogP contribution in [0.4, 0.5) is 17.6 Å². The molecule has 1 aromatic rings. The first-order valence-corrected chi connectivity index (χ1v) is 6.88. The molecule has 1 atom stereocenters. The maximum absolute atomic E-state index is 13.9. The summed E-state index contributed by atoms with van der Waals surface area (Å²) in [5.74, 6) is -4.47. The van der Waals surface area contributed by atoms with Crippen molar-refractivity contribution in [3.05, 3.63) is 33.8 Å². The summed E-state index contributed by atoms with van der Waals surface area (Å²) in [7, 11) is 0. The van der Waals surface area contributed by atoms with Crippen LogP contribution >= 0.6 is 15.9 Å². The molecule has 2 N–H and O–H groups in total. The van der Waals surface area contributed by atoms with Gasteiger partial charge in [-0.3, -0.25) is 0 Å². The van der Waals surface area contributed by atoms with E-state index in [1.165, 1.54) is 6.07 Å². The van der Waals surface area contributed by atoms with E-state index < -0.39 is 23.6 Å². The third kappa shape index (κ3) is 3.11. The van der Waals surface area contributed by atoms with E-state index in [2.05, 4.69) is 15.9 Å². The molecular weight excluding hydrogens is 326 g/mol. The van der Waals surface area contributed by atoms with Crippen molar-refractivity contribution in [2.45, 2.75) is 37.6 Å². The lowest BCUT2D eigenvalue weighted by atomic mass is 9.80. The van der Waals surface area contributed by atoms with E-state index in [-0.39, 0.29) is 41.6 Å². The Morgan fingerprint density at radius 3 is 2.37 bits per heavy atom. The zero-order valence-electron chi connectivity index (χ0n) is 10.1. The van der Waals surface area contributed by atoms with Gasteiger partial charge in [-0.15, -0.1) is 0 Å². The van der Waals surface area contributed by atoms with Gasteiger partial charge in [-0.1, -0.05) is 0 Å². The van der Waals surface area contributed by atoms with Crippen molar-refractivity contribution in [1.29, 1.82) is 0 Å². The molecule has 0 spiro atoms. The van der Waals surface area contributed by atoms with Crippen LogP contribution in [0.25, 0.3) is 0 Å². The molecule has 0 amide bonds. The number of halogens is 5. The molecular formula is C13H14BrF4N. The van der Waals surface area contributed by atoms with Gasteiger partial charge < -0.3 is 5.73 Å². The van der Waals surface area contributed by atoms with Crippen molar-refractivity contribution in [1.82, 2.24) is 0 Å². The first kappa shape index (κ1) is 14.8. The summed E-state index contributed by atoms with van der Waals surface area (Å²) in [4.78, 5) is 0. The molecule has 1 saturated carbocycles. The molecule has 19 heavy (non-hydrogen) atoms. The molecule has 1 fully saturated rings. The molecule has 1 aliphatic carbocycles. The van der Waals surface area contributed by atoms with Crippen LogP contribution in [0.1, 0.15) is 37.3 Å². The Labute approximate surface area is 117 Å². The monoisotopic (exact) mass is 339 g/mol. The summed E-state index contributed by atoms with van der Waals surface area (Å²) in [5, 5.41) is 0. The summed E-state index contributed by atoms with van der Waals surface area (Å²) >= 11 is 2.97. The van der Waals surface area contributed by atoms with Crippen LogP contribution in [0.3, 0.4) is 0 Å². The van der Waals surface area contributed by atoms with Gasteiger partial charge in [0, 0.05) is 24.4 Å². The number of hydrogen-bond donors (Lipinski definition) is 1. The molecule has 1 unspecified atom stereocenters. The average Bonchev–Trinajstić information content (AvgIpc) is 2.34. The van der Waals surface area contributed by atoms with Crippen LogP contribution in [-0.2, 0) is 0 Å². The zero-order valence-corrected chi connectivity index (χ0v) is 11.7. The van der Waals surface area contributed by atoms with Crippen molar-refractivity contribution < 1.29 is 17.6 Å². The first-order valence-electron chi connectivity index (χ1n) is 6.08. The highest BCUT2D eigenvalue weighted by Crippen LogP contribution is 2.41. The predicted molar refractivity (Wildman–Crippen MR) is 67.9 cm³/mol. The Kier molecular flexibility index (Phi) is 4.20. The van der Waals surface area contributed by atoms with Gasteiger partial charge in [0.25, 0.3) is 0 Å². The number of benzene rings is 1. The Balaban J connectivity index is 2.21. The second-order valence-corrected chi connectivity index (χ2v) is 5.83. The quantitative estimate of drug-likeness (QED) is 0.620. The highest BCUT2D eigenvalue weighted by Gasteiger charge is 2.38. The fourth-order valence-corrected chi connectivity index (χ4v) is 2.85. The molecule has 0 aromatic heterocycles. The van der Waals surface area contributed by atoms with Crippen LogP contribution in [0, 0.1) is 17.6 Å². The Morgan fingerprint density at radius 1 is 1.21 bits per heavy atom. The second kappa shape index (κ2) is 5.40. The standard InChI is InChI=1S/C13H14BrF4N/c14-8-1-2-9(15)10(11(8)16)12(19)7-3-5-13(17,18)6-4-7/h1-2,7,12H,3-6,19H2. The van der Waals surface area contributed by atoms with E-state index >= 15 is 0 Å². The highest BCUT2D eigenvalue weighted by molar-refractivity contribution is 9.10. The number of alkyl halides is 2. The van der Waals surface area contributed by atoms with E-state index in [1.54, 1.807) is 0 Å². The third-order valence-corrected chi connectivity index (χ3v) is 4.29. The smallest absolute Gasteiger partial charge is 0.248 e. The third-order valence-electron chi connectivity index (χ3n) is 3.68. The summed E-state index contributed by atoms with van der Waals surface area (Å²) < 4.78 is 53.9. The Bertz CT molecular complexity index is 468. The normalized spacial score (nSPS) is 21.4. The molecule has 0 aliphatic heterocycles. The summed E-state index contributed by atoms with van der Waals surface area (Å²) in [6.07, 6.45) is -0.190. The van der Waals surface area contributed by atoms with Gasteiger partial charge in [0.1, 0.15) is 11.6 Å². The van der Waals surface area contributed by atoms with E-state index in [0.717, 1.165) is 6.07 Å². The molecule has 2 rings (SSSR count). The van der Waals surface area contributed by atoms with E-state index in [4.69, 9.17) is 5.73 Å². The van der Waals surface area contributed by atoms with Crippen LogP contribution < -0.4 is 5.73 Å². The lowest BCUT2D eigenvalue weighted by Gasteiger charge is -2.32. The minimum absolute atomic E-state index is 0.125. The minimum Gasteiger partial charge on any atom is -0.324 e. The second-order valence-electron chi connectivity index (χ2n) is 4.98. The first-order chi connectivity index (χ1) is 8.82. The molecule has 1 nitrogen and oxygen atoms in total. The minimum atomic E-state index is -2.68. The maximum atomic E-state index is 13.9. The van der Waals surface area contributed by atoms with Gasteiger partial charge in [-0.05, 0) is 46.8 Å². The largest absolute Gasteiger partial charge is 0.324 e. The number of hydrogen-bond acceptors (Lipinski definition) is 1. The molecule has 0 heterocycles. The molecule has 0 saturated heterocycles.